The number of aromatic nitrogens is 1. The summed E-state index contributed by atoms with van der Waals surface area (Å²) in [5.41, 5.74) is 1.43. The van der Waals surface area contributed by atoms with Crippen molar-refractivity contribution in [3.05, 3.63) is 36.2 Å². The Morgan fingerprint density at radius 3 is 3.10 bits per heavy atom. The second kappa shape index (κ2) is 5.78. The zero-order chi connectivity index (χ0) is 14.7. The molecule has 108 valence electrons. The summed E-state index contributed by atoms with van der Waals surface area (Å²) in [4.78, 5) is 29.3. The fourth-order valence-corrected chi connectivity index (χ4v) is 2.20. The second-order valence-corrected chi connectivity index (χ2v) is 4.82. The molecule has 2 amide bonds. The molecule has 0 saturated carbocycles. The summed E-state index contributed by atoms with van der Waals surface area (Å²) in [6, 6.07) is 7.40. The van der Waals surface area contributed by atoms with E-state index in [2.05, 4.69) is 10.3 Å². The van der Waals surface area contributed by atoms with Crippen LogP contribution in [-0.4, -0.2) is 41.3 Å². The van der Waals surface area contributed by atoms with Crippen molar-refractivity contribution in [2.75, 3.05) is 19.6 Å². The molecule has 0 spiro atoms. The van der Waals surface area contributed by atoms with Gasteiger partial charge in [0, 0.05) is 25.2 Å². The van der Waals surface area contributed by atoms with Crippen molar-refractivity contribution < 1.29 is 14.0 Å². The SMILES string of the molecule is O=C1CN(C(=O)C=Cc2nc3ccccc3o2)CCCN1. The maximum Gasteiger partial charge on any atom is 0.247 e. The summed E-state index contributed by atoms with van der Waals surface area (Å²) in [7, 11) is 0. The van der Waals surface area contributed by atoms with E-state index in [9.17, 15) is 9.59 Å². The van der Waals surface area contributed by atoms with E-state index in [1.807, 2.05) is 24.3 Å². The van der Waals surface area contributed by atoms with Crippen LogP contribution in [0.25, 0.3) is 17.2 Å². The molecule has 1 aromatic heterocycles. The monoisotopic (exact) mass is 285 g/mol. The predicted octanol–water partition coefficient (Wildman–Crippen LogP) is 1.19. The molecule has 0 aliphatic carbocycles. The van der Waals surface area contributed by atoms with Crippen molar-refractivity contribution in [3.63, 3.8) is 0 Å². The van der Waals surface area contributed by atoms with E-state index in [1.54, 1.807) is 0 Å². The van der Waals surface area contributed by atoms with Crippen molar-refractivity contribution >= 4 is 29.0 Å². The zero-order valence-electron chi connectivity index (χ0n) is 11.4. The van der Waals surface area contributed by atoms with Crippen molar-refractivity contribution in [3.8, 4) is 0 Å². The van der Waals surface area contributed by atoms with Crippen LogP contribution in [0.4, 0.5) is 0 Å². The number of nitrogens with one attached hydrogen (secondary N) is 1. The first-order valence-electron chi connectivity index (χ1n) is 6.81. The molecule has 1 fully saturated rings. The number of nitrogens with zero attached hydrogens (tertiary/aromatic N) is 2. The van der Waals surface area contributed by atoms with Crippen LogP contribution in [0.15, 0.2) is 34.8 Å². The van der Waals surface area contributed by atoms with Gasteiger partial charge in [-0.1, -0.05) is 12.1 Å². The van der Waals surface area contributed by atoms with E-state index in [-0.39, 0.29) is 18.4 Å². The van der Waals surface area contributed by atoms with Gasteiger partial charge in [0.05, 0.1) is 6.54 Å². The molecule has 0 unspecified atom stereocenters. The maximum absolute atomic E-state index is 12.1. The van der Waals surface area contributed by atoms with Gasteiger partial charge in [-0.15, -0.1) is 0 Å². The van der Waals surface area contributed by atoms with E-state index < -0.39 is 0 Å². The Hall–Kier alpha value is -2.63. The Kier molecular flexibility index (Phi) is 3.68. The average Bonchev–Trinajstić information content (AvgIpc) is 2.78. The molecule has 3 rings (SSSR count). The highest BCUT2D eigenvalue weighted by Crippen LogP contribution is 2.15. The Balaban J connectivity index is 1.72. The number of rotatable bonds is 2. The third-order valence-electron chi connectivity index (χ3n) is 3.25. The van der Waals surface area contributed by atoms with Gasteiger partial charge in [0.1, 0.15) is 5.52 Å². The minimum absolute atomic E-state index is 0.0940. The number of benzene rings is 1. The molecule has 1 aliphatic heterocycles. The van der Waals surface area contributed by atoms with Crippen LogP contribution < -0.4 is 5.32 Å². The molecule has 21 heavy (non-hydrogen) atoms. The molecule has 2 aromatic rings. The van der Waals surface area contributed by atoms with Crippen molar-refractivity contribution in [1.82, 2.24) is 15.2 Å². The lowest BCUT2D eigenvalue weighted by molar-refractivity contribution is -0.131. The highest BCUT2D eigenvalue weighted by atomic mass is 16.3. The van der Waals surface area contributed by atoms with Crippen molar-refractivity contribution in [2.24, 2.45) is 0 Å². The van der Waals surface area contributed by atoms with Crippen LogP contribution in [-0.2, 0) is 9.59 Å². The summed E-state index contributed by atoms with van der Waals surface area (Å²) in [6.45, 7) is 1.27. The Bertz CT molecular complexity index is 672. The smallest absolute Gasteiger partial charge is 0.247 e. The zero-order valence-corrected chi connectivity index (χ0v) is 11.4. The first-order valence-corrected chi connectivity index (χ1v) is 6.81. The van der Waals surface area contributed by atoms with Gasteiger partial charge < -0.3 is 14.6 Å². The van der Waals surface area contributed by atoms with Gasteiger partial charge in [-0.05, 0) is 18.6 Å². The number of amides is 2. The fraction of sp³-hybridized carbons (Fsp3) is 0.267. The standard InChI is InChI=1S/C15H15N3O3/c19-13-10-18(9-3-8-16-13)15(20)7-6-14-17-11-4-1-2-5-12(11)21-14/h1-2,4-7H,3,8-10H2,(H,16,19). The minimum Gasteiger partial charge on any atom is -0.437 e. The highest BCUT2D eigenvalue weighted by Gasteiger charge is 2.17. The third-order valence-corrected chi connectivity index (χ3v) is 3.25. The summed E-state index contributed by atoms with van der Waals surface area (Å²) in [5.74, 6) is 0.0363. The molecular weight excluding hydrogens is 270 g/mol. The number of hydrogen-bond donors (Lipinski definition) is 1. The molecule has 2 heterocycles. The second-order valence-electron chi connectivity index (χ2n) is 4.82. The Morgan fingerprint density at radius 1 is 1.38 bits per heavy atom. The lowest BCUT2D eigenvalue weighted by Gasteiger charge is -2.16. The van der Waals surface area contributed by atoms with E-state index in [1.165, 1.54) is 17.1 Å². The average molecular weight is 285 g/mol. The number of oxazole rings is 1. The van der Waals surface area contributed by atoms with Gasteiger partial charge in [-0.2, -0.15) is 0 Å². The molecule has 1 aromatic carbocycles. The van der Waals surface area contributed by atoms with Crippen molar-refractivity contribution in [1.29, 1.82) is 0 Å². The van der Waals surface area contributed by atoms with Crippen LogP contribution in [0.2, 0.25) is 0 Å². The molecule has 1 saturated heterocycles. The molecule has 0 bridgehead atoms. The summed E-state index contributed by atoms with van der Waals surface area (Å²) < 4.78 is 5.50. The van der Waals surface area contributed by atoms with Crippen LogP contribution in [0.5, 0.6) is 0 Å². The number of fused-ring (bicyclic) bond motifs is 1. The number of carbonyl (C=O) groups is 2. The first-order chi connectivity index (χ1) is 10.2. The molecule has 6 heteroatoms. The van der Waals surface area contributed by atoms with Crippen LogP contribution in [0.3, 0.4) is 0 Å². The topological polar surface area (TPSA) is 75.4 Å². The summed E-state index contributed by atoms with van der Waals surface area (Å²) in [6.07, 6.45) is 3.68. The van der Waals surface area contributed by atoms with Crippen molar-refractivity contribution in [2.45, 2.75) is 6.42 Å². The van der Waals surface area contributed by atoms with Gasteiger partial charge in [-0.25, -0.2) is 4.98 Å². The maximum atomic E-state index is 12.1. The van der Waals surface area contributed by atoms with Gasteiger partial charge in [0.25, 0.3) is 0 Å². The Labute approximate surface area is 121 Å². The minimum atomic E-state index is -0.214. The third kappa shape index (κ3) is 3.10. The lowest BCUT2D eigenvalue weighted by Crippen LogP contribution is -2.36. The predicted molar refractivity (Wildman–Crippen MR) is 77.2 cm³/mol. The van der Waals surface area contributed by atoms with Gasteiger partial charge in [0.2, 0.25) is 17.7 Å². The van der Waals surface area contributed by atoms with Gasteiger partial charge in [-0.3, -0.25) is 9.59 Å². The first kappa shape index (κ1) is 13.4. The van der Waals surface area contributed by atoms with Gasteiger partial charge in [0.15, 0.2) is 5.58 Å². The van der Waals surface area contributed by atoms with Crippen LogP contribution in [0, 0.1) is 0 Å². The number of para-hydroxylation sites is 2. The largest absolute Gasteiger partial charge is 0.437 e. The van der Waals surface area contributed by atoms with Crippen LogP contribution >= 0.6 is 0 Å². The molecule has 1 aliphatic rings. The summed E-state index contributed by atoms with van der Waals surface area (Å²) in [5, 5.41) is 2.73. The van der Waals surface area contributed by atoms with Crippen LogP contribution in [0.1, 0.15) is 12.3 Å². The molecular formula is C15H15N3O3. The molecule has 6 nitrogen and oxygen atoms in total. The fourth-order valence-electron chi connectivity index (χ4n) is 2.20. The highest BCUT2D eigenvalue weighted by molar-refractivity contribution is 5.94. The van der Waals surface area contributed by atoms with E-state index in [0.717, 1.165) is 11.9 Å². The molecule has 1 N–H and O–H groups in total. The summed E-state index contributed by atoms with van der Waals surface area (Å²) >= 11 is 0. The molecule has 0 radical (unpaired) electrons. The van der Waals surface area contributed by atoms with Gasteiger partial charge >= 0.3 is 0 Å². The number of carbonyl (C=O) groups excluding carboxylic acids is 2. The quantitative estimate of drug-likeness (QED) is 0.841. The van der Waals surface area contributed by atoms with E-state index >= 15 is 0 Å². The Morgan fingerprint density at radius 2 is 2.24 bits per heavy atom. The lowest BCUT2D eigenvalue weighted by atomic mass is 10.3. The normalized spacial score (nSPS) is 16.2. The van der Waals surface area contributed by atoms with E-state index in [0.29, 0.717) is 24.6 Å². The van der Waals surface area contributed by atoms with E-state index in [4.69, 9.17) is 4.42 Å². The molecule has 0 atom stereocenters. The number of hydrogen-bond acceptors (Lipinski definition) is 4.